The average Bonchev–Trinajstić information content (AvgIpc) is 2.82. The molecular weight excluding hydrogens is 609 g/mol. The van der Waals surface area contributed by atoms with Gasteiger partial charge in [-0.3, -0.25) is 0 Å². The maximum Gasteiger partial charge on any atom is 0.507 e. The first-order valence-corrected chi connectivity index (χ1v) is 27.4. The lowest BCUT2D eigenvalue weighted by molar-refractivity contribution is -0.0204. The summed E-state index contributed by atoms with van der Waals surface area (Å²) in [5.74, 6) is 0. The molecule has 12 nitrogen and oxygen atoms in total. The van der Waals surface area contributed by atoms with Crippen LogP contribution in [0, 0.1) is 0 Å². The minimum atomic E-state index is -3.90. The molecule has 0 amide bonds. The fraction of sp³-hybridized carbons (Fsp3) is 0.625. The first kappa shape index (κ1) is 28.0. The van der Waals surface area contributed by atoms with Crippen LogP contribution in [0.5, 0.6) is 0 Å². The van der Waals surface area contributed by atoms with E-state index in [1.165, 1.54) is 17.1 Å². The van der Waals surface area contributed by atoms with Gasteiger partial charge in [-0.15, -0.1) is 19.7 Å². The topological polar surface area (TPSA) is 111 Å². The molecule has 0 radical (unpaired) electrons. The standard InChI is InChI=1S/C16H34O12Si8/c1-9-29-17-30(10-2)20-33(13-5)22-31(11-3,18-29)24-35(15-7)25-32(12-4,19-29)23-34(14-6,21-30)27-36(16-8,26-33)28-35/h9-11H,1-3,12-16H2,4-8H3. The van der Waals surface area contributed by atoms with E-state index < -0.39 is 70.4 Å². The molecule has 20 heteroatoms. The van der Waals surface area contributed by atoms with E-state index in [9.17, 15) is 0 Å². The van der Waals surface area contributed by atoms with Gasteiger partial charge >= 0.3 is 70.4 Å². The Morgan fingerprint density at radius 1 is 0.361 bits per heavy atom. The van der Waals surface area contributed by atoms with Crippen LogP contribution in [-0.2, 0) is 49.4 Å². The molecule has 0 aromatic carbocycles. The van der Waals surface area contributed by atoms with Crippen molar-refractivity contribution in [2.75, 3.05) is 0 Å². The molecule has 0 aliphatic carbocycles. The van der Waals surface area contributed by atoms with Crippen molar-refractivity contribution < 1.29 is 49.4 Å². The molecule has 6 saturated heterocycles. The van der Waals surface area contributed by atoms with E-state index in [-0.39, 0.29) is 0 Å². The van der Waals surface area contributed by atoms with Crippen molar-refractivity contribution in [1.82, 2.24) is 0 Å². The largest absolute Gasteiger partial charge is 0.507 e. The zero-order chi connectivity index (χ0) is 26.1. The Labute approximate surface area is 220 Å². The van der Waals surface area contributed by atoms with Gasteiger partial charge in [-0.25, -0.2) is 0 Å². The zero-order valence-corrected chi connectivity index (χ0v) is 29.3. The molecule has 0 aromatic rings. The maximum atomic E-state index is 6.91. The molecular formula is C16H34O12Si8. The van der Waals surface area contributed by atoms with E-state index in [0.717, 1.165) is 0 Å². The molecule has 202 valence electrons. The molecule has 0 aromatic heterocycles. The van der Waals surface area contributed by atoms with Gasteiger partial charge in [-0.1, -0.05) is 34.6 Å². The molecule has 8 bridgehead atoms. The van der Waals surface area contributed by atoms with E-state index in [1.54, 1.807) is 0 Å². The second kappa shape index (κ2) is 8.99. The summed E-state index contributed by atoms with van der Waals surface area (Å²) in [6, 6.07) is 1.87. The van der Waals surface area contributed by atoms with Crippen LogP contribution in [0.4, 0.5) is 0 Å². The van der Waals surface area contributed by atoms with Gasteiger partial charge in [0.05, 0.1) is 0 Å². The SMILES string of the molecule is C=C[Si]12O[Si]3(C=C)O[Si]4(CC)O[Si](C=C)(O1)O[Si]1(CC)O[Si](CC)(O2)O[Si](CC)(O3)O[Si](CC)(O4)O1. The normalized spacial score (nSPS) is 53.6. The van der Waals surface area contributed by atoms with Gasteiger partial charge in [-0.2, -0.15) is 0 Å². The third-order valence-corrected chi connectivity index (χ3v) is 41.3. The van der Waals surface area contributed by atoms with Gasteiger partial charge in [0.15, 0.2) is 0 Å². The van der Waals surface area contributed by atoms with E-state index in [2.05, 4.69) is 19.7 Å². The Kier molecular flexibility index (Phi) is 7.00. The third kappa shape index (κ3) is 4.15. The minimum Gasteiger partial charge on any atom is -0.373 e. The number of hydrogen-bond donors (Lipinski definition) is 0. The quantitative estimate of drug-likeness (QED) is 0.363. The van der Waals surface area contributed by atoms with Crippen molar-refractivity contribution in [1.29, 1.82) is 0 Å². The summed E-state index contributed by atoms with van der Waals surface area (Å²) in [7, 11) is -29.9. The zero-order valence-electron chi connectivity index (χ0n) is 21.3. The van der Waals surface area contributed by atoms with Crippen LogP contribution in [0.1, 0.15) is 34.6 Å². The summed E-state index contributed by atoms with van der Waals surface area (Å²) in [5, 5.41) is 0. The van der Waals surface area contributed by atoms with Crippen molar-refractivity contribution >= 4 is 70.4 Å². The van der Waals surface area contributed by atoms with Crippen molar-refractivity contribution in [2.45, 2.75) is 64.8 Å². The lowest BCUT2D eigenvalue weighted by Gasteiger charge is -2.61. The Bertz CT molecular complexity index is 910. The fourth-order valence-electron chi connectivity index (χ4n) is 4.62. The van der Waals surface area contributed by atoms with Crippen LogP contribution in [0.25, 0.3) is 0 Å². The predicted octanol–water partition coefficient (Wildman–Crippen LogP) is 3.04. The van der Waals surface area contributed by atoms with Crippen molar-refractivity contribution in [3.05, 3.63) is 36.8 Å². The molecule has 6 rings (SSSR count). The summed E-state index contributed by atoms with van der Waals surface area (Å²) in [5.41, 5.74) is 4.54. The Hall–Kier alpha value is 0.475. The molecule has 4 unspecified atom stereocenters. The molecule has 0 N–H and O–H groups in total. The highest BCUT2D eigenvalue weighted by Gasteiger charge is 2.81. The highest BCUT2D eigenvalue weighted by atomic mass is 28.6. The van der Waals surface area contributed by atoms with E-state index in [1.807, 2.05) is 34.6 Å². The average molecular weight is 643 g/mol. The van der Waals surface area contributed by atoms with Gasteiger partial charge in [0.25, 0.3) is 0 Å². The highest BCUT2D eigenvalue weighted by molar-refractivity contribution is 7.05. The lowest BCUT2D eigenvalue weighted by Crippen LogP contribution is -2.87. The smallest absolute Gasteiger partial charge is 0.373 e. The van der Waals surface area contributed by atoms with Crippen LogP contribution in [0.2, 0.25) is 30.2 Å². The van der Waals surface area contributed by atoms with Crippen molar-refractivity contribution in [2.24, 2.45) is 0 Å². The van der Waals surface area contributed by atoms with Crippen molar-refractivity contribution in [3.8, 4) is 0 Å². The lowest BCUT2D eigenvalue weighted by atomic mass is 11.0. The molecule has 6 aliphatic heterocycles. The summed E-state index contributed by atoms with van der Waals surface area (Å²) in [4.78, 5) is 0. The molecule has 6 heterocycles. The summed E-state index contributed by atoms with van der Waals surface area (Å²) in [6.45, 7) is 21.6. The third-order valence-electron chi connectivity index (χ3n) is 6.53. The minimum absolute atomic E-state index is 0.347. The molecule has 0 spiro atoms. The first-order valence-electron chi connectivity index (χ1n) is 12.3. The van der Waals surface area contributed by atoms with Crippen molar-refractivity contribution in [3.63, 3.8) is 0 Å². The highest BCUT2D eigenvalue weighted by Crippen LogP contribution is 2.51. The second-order valence-corrected chi connectivity index (χ2v) is 33.8. The molecule has 6 aliphatic rings. The first-order chi connectivity index (χ1) is 17.0. The molecule has 4 atom stereocenters. The van der Waals surface area contributed by atoms with Gasteiger partial charge < -0.3 is 49.4 Å². The summed E-state index contributed by atoms with van der Waals surface area (Å²) >= 11 is 0. The summed E-state index contributed by atoms with van der Waals surface area (Å²) < 4.78 is 81.9. The molecule has 36 heavy (non-hydrogen) atoms. The van der Waals surface area contributed by atoms with Crippen LogP contribution in [0.3, 0.4) is 0 Å². The summed E-state index contributed by atoms with van der Waals surface area (Å²) in [6.07, 6.45) is 0. The second-order valence-electron chi connectivity index (χ2n) is 8.83. The van der Waals surface area contributed by atoms with Gasteiger partial charge in [0.1, 0.15) is 0 Å². The van der Waals surface area contributed by atoms with Crippen LogP contribution >= 0.6 is 0 Å². The van der Waals surface area contributed by atoms with Gasteiger partial charge in [0.2, 0.25) is 0 Å². The number of rotatable bonds is 8. The number of hydrogen-bond acceptors (Lipinski definition) is 12. The van der Waals surface area contributed by atoms with E-state index in [0.29, 0.717) is 30.2 Å². The van der Waals surface area contributed by atoms with E-state index in [4.69, 9.17) is 49.4 Å². The van der Waals surface area contributed by atoms with Crippen LogP contribution in [0.15, 0.2) is 36.8 Å². The molecule has 0 saturated carbocycles. The monoisotopic (exact) mass is 642 g/mol. The molecule has 6 fully saturated rings. The van der Waals surface area contributed by atoms with Gasteiger partial charge in [-0.05, 0) is 17.1 Å². The Morgan fingerprint density at radius 3 is 0.778 bits per heavy atom. The predicted molar refractivity (Wildman–Crippen MR) is 142 cm³/mol. The fourth-order valence-corrected chi connectivity index (χ4v) is 50.6. The van der Waals surface area contributed by atoms with Gasteiger partial charge in [0, 0.05) is 30.2 Å². The van der Waals surface area contributed by atoms with E-state index >= 15 is 0 Å². The maximum absolute atomic E-state index is 6.91. The van der Waals surface area contributed by atoms with Crippen LogP contribution in [-0.4, -0.2) is 70.4 Å². The Balaban J connectivity index is 1.89. The van der Waals surface area contributed by atoms with Crippen LogP contribution < -0.4 is 0 Å². The Morgan fingerprint density at radius 2 is 0.556 bits per heavy atom.